The highest BCUT2D eigenvalue weighted by Crippen LogP contribution is 2.34. The maximum absolute atomic E-state index is 5.70. The second-order valence-corrected chi connectivity index (χ2v) is 4.92. The van der Waals surface area contributed by atoms with Crippen LogP contribution in [-0.4, -0.2) is 17.7 Å². The molecule has 0 spiro atoms. The van der Waals surface area contributed by atoms with Gasteiger partial charge in [0.05, 0.1) is 0 Å². The van der Waals surface area contributed by atoms with Crippen molar-refractivity contribution in [2.75, 3.05) is 6.73 Å². The number of halogens is 1. The number of benzene rings is 1. The Balaban J connectivity index is 1.88. The van der Waals surface area contributed by atoms with Gasteiger partial charge in [0.15, 0.2) is 0 Å². The Morgan fingerprint density at radius 3 is 3.00 bits per heavy atom. The van der Waals surface area contributed by atoms with Gasteiger partial charge < -0.3 is 4.74 Å². The lowest BCUT2D eigenvalue weighted by atomic mass is 10.1. The van der Waals surface area contributed by atoms with E-state index in [1.54, 1.807) is 0 Å². The first-order chi connectivity index (χ1) is 6.83. The average Bonchev–Trinajstić information content (AvgIpc) is 3.00. The van der Waals surface area contributed by atoms with Gasteiger partial charge in [0.25, 0.3) is 0 Å². The summed E-state index contributed by atoms with van der Waals surface area (Å²) in [6.07, 6.45) is 2.68. The molecule has 1 heterocycles. The van der Waals surface area contributed by atoms with E-state index in [2.05, 4.69) is 26.9 Å². The predicted octanol–water partition coefficient (Wildman–Crippen LogP) is 2.76. The minimum absolute atomic E-state index is 0.763. The number of ether oxygens (including phenoxy) is 1. The highest BCUT2D eigenvalue weighted by molar-refractivity contribution is 9.10. The van der Waals surface area contributed by atoms with E-state index in [0.717, 1.165) is 29.5 Å². The third kappa shape index (κ3) is 1.55. The first-order valence-electron chi connectivity index (χ1n) is 4.98. The Bertz CT molecular complexity index is 362. The standard InChI is InChI=1S/C11H12BrNO/c12-9-1-4-11-8(5-9)6-13(7-14-11)10-2-3-10/h1,4-5,10H,2-3,6-7H2. The average molecular weight is 254 g/mol. The van der Waals surface area contributed by atoms with Crippen LogP contribution in [0.1, 0.15) is 18.4 Å². The zero-order chi connectivity index (χ0) is 9.54. The van der Waals surface area contributed by atoms with Crippen molar-refractivity contribution >= 4 is 15.9 Å². The molecule has 3 heteroatoms. The lowest BCUT2D eigenvalue weighted by Crippen LogP contribution is -2.33. The van der Waals surface area contributed by atoms with E-state index in [9.17, 15) is 0 Å². The van der Waals surface area contributed by atoms with Crippen molar-refractivity contribution in [2.45, 2.75) is 25.4 Å². The normalized spacial score (nSPS) is 21.5. The maximum atomic E-state index is 5.70. The topological polar surface area (TPSA) is 12.5 Å². The molecule has 0 saturated heterocycles. The molecule has 0 aromatic heterocycles. The van der Waals surface area contributed by atoms with Crippen LogP contribution in [0.25, 0.3) is 0 Å². The highest BCUT2D eigenvalue weighted by Gasteiger charge is 2.31. The molecule has 1 aliphatic heterocycles. The van der Waals surface area contributed by atoms with Gasteiger partial charge in [-0.15, -0.1) is 0 Å². The molecule has 14 heavy (non-hydrogen) atoms. The Labute approximate surface area is 92.0 Å². The molecular weight excluding hydrogens is 242 g/mol. The highest BCUT2D eigenvalue weighted by atomic mass is 79.9. The molecule has 74 valence electrons. The van der Waals surface area contributed by atoms with E-state index in [4.69, 9.17) is 4.74 Å². The van der Waals surface area contributed by atoms with Crippen LogP contribution in [-0.2, 0) is 6.54 Å². The number of rotatable bonds is 1. The summed E-state index contributed by atoms with van der Waals surface area (Å²) in [6.45, 7) is 1.80. The van der Waals surface area contributed by atoms with Crippen LogP contribution in [0.2, 0.25) is 0 Å². The number of hydrogen-bond acceptors (Lipinski definition) is 2. The van der Waals surface area contributed by atoms with E-state index in [0.29, 0.717) is 0 Å². The molecule has 1 aromatic rings. The fourth-order valence-corrected chi connectivity index (χ4v) is 2.31. The molecule has 0 amide bonds. The third-order valence-corrected chi connectivity index (χ3v) is 3.34. The molecule has 2 nitrogen and oxygen atoms in total. The zero-order valence-electron chi connectivity index (χ0n) is 7.87. The van der Waals surface area contributed by atoms with Crippen molar-refractivity contribution in [2.24, 2.45) is 0 Å². The molecule has 0 bridgehead atoms. The van der Waals surface area contributed by atoms with Crippen LogP contribution in [0.4, 0.5) is 0 Å². The van der Waals surface area contributed by atoms with E-state index in [1.165, 1.54) is 18.4 Å². The van der Waals surface area contributed by atoms with Crippen LogP contribution < -0.4 is 4.74 Å². The first-order valence-corrected chi connectivity index (χ1v) is 5.77. The molecule has 3 rings (SSSR count). The minimum atomic E-state index is 0.763. The zero-order valence-corrected chi connectivity index (χ0v) is 9.46. The van der Waals surface area contributed by atoms with Crippen molar-refractivity contribution in [3.05, 3.63) is 28.2 Å². The minimum Gasteiger partial charge on any atom is -0.478 e. The summed E-state index contributed by atoms with van der Waals surface area (Å²) in [5, 5.41) is 0. The van der Waals surface area contributed by atoms with Crippen LogP contribution in [0, 0.1) is 0 Å². The number of hydrogen-bond donors (Lipinski definition) is 0. The van der Waals surface area contributed by atoms with Gasteiger partial charge in [-0.2, -0.15) is 0 Å². The van der Waals surface area contributed by atoms with Crippen LogP contribution >= 0.6 is 15.9 Å². The number of nitrogens with zero attached hydrogens (tertiary/aromatic N) is 1. The first kappa shape index (κ1) is 8.74. The lowest BCUT2D eigenvalue weighted by Gasteiger charge is -2.28. The summed E-state index contributed by atoms with van der Waals surface area (Å²) >= 11 is 3.49. The maximum Gasteiger partial charge on any atom is 0.142 e. The van der Waals surface area contributed by atoms with E-state index >= 15 is 0 Å². The summed E-state index contributed by atoms with van der Waals surface area (Å²) in [5.41, 5.74) is 1.30. The Hall–Kier alpha value is -0.540. The Kier molecular flexibility index (Phi) is 2.03. The fourth-order valence-electron chi connectivity index (χ4n) is 1.90. The Morgan fingerprint density at radius 2 is 2.21 bits per heavy atom. The summed E-state index contributed by atoms with van der Waals surface area (Å²) in [7, 11) is 0. The van der Waals surface area contributed by atoms with Gasteiger partial charge in [0.1, 0.15) is 12.5 Å². The summed E-state index contributed by atoms with van der Waals surface area (Å²) in [6, 6.07) is 7.02. The van der Waals surface area contributed by atoms with Crippen molar-refractivity contribution in [3.8, 4) is 5.75 Å². The fraction of sp³-hybridized carbons (Fsp3) is 0.455. The van der Waals surface area contributed by atoms with Crippen LogP contribution in [0.3, 0.4) is 0 Å². The van der Waals surface area contributed by atoms with Gasteiger partial charge >= 0.3 is 0 Å². The van der Waals surface area contributed by atoms with Gasteiger partial charge in [0, 0.05) is 22.6 Å². The van der Waals surface area contributed by atoms with Crippen LogP contribution in [0.15, 0.2) is 22.7 Å². The molecule has 1 aromatic carbocycles. The predicted molar refractivity (Wildman–Crippen MR) is 58.2 cm³/mol. The van der Waals surface area contributed by atoms with Crippen molar-refractivity contribution in [1.29, 1.82) is 0 Å². The summed E-state index contributed by atoms with van der Waals surface area (Å²) in [5.74, 6) is 1.05. The lowest BCUT2D eigenvalue weighted by molar-refractivity contribution is 0.0882. The van der Waals surface area contributed by atoms with Crippen molar-refractivity contribution in [3.63, 3.8) is 0 Å². The monoisotopic (exact) mass is 253 g/mol. The van der Waals surface area contributed by atoms with Crippen LogP contribution in [0.5, 0.6) is 5.75 Å². The molecule has 0 radical (unpaired) electrons. The third-order valence-electron chi connectivity index (χ3n) is 2.85. The van der Waals surface area contributed by atoms with Crippen molar-refractivity contribution < 1.29 is 4.74 Å². The Morgan fingerprint density at radius 1 is 1.36 bits per heavy atom. The van der Waals surface area contributed by atoms with Gasteiger partial charge in [-0.25, -0.2) is 0 Å². The van der Waals surface area contributed by atoms with E-state index in [-0.39, 0.29) is 0 Å². The quantitative estimate of drug-likeness (QED) is 0.764. The second kappa shape index (κ2) is 3.24. The molecular formula is C11H12BrNO. The van der Waals surface area contributed by atoms with E-state index in [1.807, 2.05) is 12.1 Å². The molecule has 1 fully saturated rings. The summed E-state index contributed by atoms with van der Waals surface area (Å²) in [4.78, 5) is 2.41. The van der Waals surface area contributed by atoms with Gasteiger partial charge in [0.2, 0.25) is 0 Å². The number of fused-ring (bicyclic) bond motifs is 1. The largest absolute Gasteiger partial charge is 0.478 e. The molecule has 2 aliphatic rings. The van der Waals surface area contributed by atoms with E-state index < -0.39 is 0 Å². The summed E-state index contributed by atoms with van der Waals surface area (Å²) < 4.78 is 6.83. The van der Waals surface area contributed by atoms with Gasteiger partial charge in [-0.1, -0.05) is 15.9 Å². The molecule has 1 saturated carbocycles. The van der Waals surface area contributed by atoms with Crippen molar-refractivity contribution in [1.82, 2.24) is 4.90 Å². The smallest absolute Gasteiger partial charge is 0.142 e. The SMILES string of the molecule is Brc1ccc2c(c1)CN(C1CC1)CO2. The molecule has 1 aliphatic carbocycles. The van der Waals surface area contributed by atoms with Gasteiger partial charge in [-0.05, 0) is 31.0 Å². The molecule has 0 atom stereocenters. The van der Waals surface area contributed by atoms with Gasteiger partial charge in [-0.3, -0.25) is 4.90 Å². The molecule has 0 N–H and O–H groups in total. The molecule has 0 unspecified atom stereocenters. The second-order valence-electron chi connectivity index (χ2n) is 4.00.